The molecule has 1 saturated carbocycles. The van der Waals surface area contributed by atoms with Gasteiger partial charge in [0, 0.05) is 24.7 Å². The molecule has 0 atom stereocenters. The zero-order chi connectivity index (χ0) is 15.2. The molecule has 0 bridgehead atoms. The number of nitrogens with zero attached hydrogens (tertiary/aromatic N) is 1. The van der Waals surface area contributed by atoms with Crippen LogP contribution in [0.3, 0.4) is 0 Å². The lowest BCUT2D eigenvalue weighted by Gasteiger charge is -2.30. The molecular weight excluding hydrogens is 260 g/mol. The van der Waals surface area contributed by atoms with Crippen molar-refractivity contribution in [2.75, 3.05) is 5.73 Å². The van der Waals surface area contributed by atoms with Gasteiger partial charge in [-0.25, -0.2) is 0 Å². The molecule has 1 fully saturated rings. The lowest BCUT2D eigenvalue weighted by Crippen LogP contribution is -2.37. The van der Waals surface area contributed by atoms with Crippen LogP contribution in [0.25, 0.3) is 0 Å². The van der Waals surface area contributed by atoms with Gasteiger partial charge in [0.2, 0.25) is 5.91 Å². The van der Waals surface area contributed by atoms with Crippen LogP contribution in [0.1, 0.15) is 57.9 Å². The maximum Gasteiger partial charge on any atom is 0.223 e. The van der Waals surface area contributed by atoms with Crippen molar-refractivity contribution in [3.63, 3.8) is 0 Å². The Morgan fingerprint density at radius 2 is 1.81 bits per heavy atom. The van der Waals surface area contributed by atoms with E-state index in [-0.39, 0.29) is 6.04 Å². The first-order valence-corrected chi connectivity index (χ1v) is 8.20. The van der Waals surface area contributed by atoms with Crippen LogP contribution >= 0.6 is 0 Å². The molecule has 1 aliphatic carbocycles. The van der Waals surface area contributed by atoms with Crippen molar-refractivity contribution < 1.29 is 4.79 Å². The molecule has 0 heterocycles. The number of rotatable bonds is 5. The van der Waals surface area contributed by atoms with E-state index in [0.29, 0.717) is 24.8 Å². The van der Waals surface area contributed by atoms with Crippen molar-refractivity contribution in [1.82, 2.24) is 4.90 Å². The molecule has 21 heavy (non-hydrogen) atoms. The Morgan fingerprint density at radius 3 is 2.38 bits per heavy atom. The summed E-state index contributed by atoms with van der Waals surface area (Å²) in [6.07, 6.45) is 7.07. The standard InChI is InChI=1S/C18H28N2O/c1-14(2)20(13-16-8-10-17(19)11-9-16)18(21)12-15-6-4-3-5-7-15/h8-11,14-15H,3-7,12-13,19H2,1-2H3. The Labute approximate surface area is 128 Å². The van der Waals surface area contributed by atoms with E-state index in [2.05, 4.69) is 13.8 Å². The van der Waals surface area contributed by atoms with E-state index >= 15 is 0 Å². The van der Waals surface area contributed by atoms with Gasteiger partial charge in [-0.3, -0.25) is 4.79 Å². The first-order chi connectivity index (χ1) is 10.1. The van der Waals surface area contributed by atoms with E-state index in [4.69, 9.17) is 5.73 Å². The Morgan fingerprint density at radius 1 is 1.19 bits per heavy atom. The third-order valence-electron chi connectivity index (χ3n) is 4.46. The van der Waals surface area contributed by atoms with Crippen LogP contribution < -0.4 is 5.73 Å². The summed E-state index contributed by atoms with van der Waals surface area (Å²) >= 11 is 0. The van der Waals surface area contributed by atoms with Gasteiger partial charge in [-0.15, -0.1) is 0 Å². The summed E-state index contributed by atoms with van der Waals surface area (Å²) in [4.78, 5) is 14.6. The van der Waals surface area contributed by atoms with Gasteiger partial charge in [-0.1, -0.05) is 31.4 Å². The van der Waals surface area contributed by atoms with Crippen LogP contribution in [0.15, 0.2) is 24.3 Å². The number of anilines is 1. The molecule has 116 valence electrons. The highest BCUT2D eigenvalue weighted by atomic mass is 16.2. The van der Waals surface area contributed by atoms with Crippen molar-refractivity contribution in [3.8, 4) is 0 Å². The van der Waals surface area contributed by atoms with Gasteiger partial charge in [-0.2, -0.15) is 0 Å². The predicted octanol–water partition coefficient (Wildman–Crippen LogP) is 3.98. The Bertz CT molecular complexity index is 447. The molecule has 3 heteroatoms. The maximum atomic E-state index is 12.6. The average molecular weight is 288 g/mol. The Kier molecular flexibility index (Phi) is 5.66. The summed E-state index contributed by atoms with van der Waals surface area (Å²) in [5, 5.41) is 0. The molecule has 3 nitrogen and oxygen atoms in total. The first kappa shape index (κ1) is 15.9. The molecule has 0 aromatic heterocycles. The van der Waals surface area contributed by atoms with Crippen molar-refractivity contribution in [3.05, 3.63) is 29.8 Å². The van der Waals surface area contributed by atoms with E-state index in [1.165, 1.54) is 32.1 Å². The number of amides is 1. The first-order valence-electron chi connectivity index (χ1n) is 8.20. The fourth-order valence-corrected chi connectivity index (χ4v) is 3.13. The van der Waals surface area contributed by atoms with Crippen LogP contribution in [0, 0.1) is 5.92 Å². The molecule has 1 aliphatic rings. The SMILES string of the molecule is CC(C)N(Cc1ccc(N)cc1)C(=O)CC1CCCCC1. The third-order valence-corrected chi connectivity index (χ3v) is 4.46. The molecule has 1 amide bonds. The van der Waals surface area contributed by atoms with Crippen LogP contribution in [0.2, 0.25) is 0 Å². The van der Waals surface area contributed by atoms with Gasteiger partial charge in [-0.05, 0) is 50.3 Å². The minimum absolute atomic E-state index is 0.235. The van der Waals surface area contributed by atoms with Crippen molar-refractivity contribution in [2.45, 2.75) is 65.0 Å². The highest BCUT2D eigenvalue weighted by molar-refractivity contribution is 5.76. The van der Waals surface area contributed by atoms with Crippen LogP contribution in [0.4, 0.5) is 5.69 Å². The molecule has 0 spiro atoms. The van der Waals surface area contributed by atoms with Gasteiger partial charge < -0.3 is 10.6 Å². The molecule has 0 unspecified atom stereocenters. The summed E-state index contributed by atoms with van der Waals surface area (Å²) in [6.45, 7) is 4.87. The minimum atomic E-state index is 0.235. The summed E-state index contributed by atoms with van der Waals surface area (Å²) in [6, 6.07) is 8.06. The maximum absolute atomic E-state index is 12.6. The molecular formula is C18H28N2O. The molecule has 2 rings (SSSR count). The lowest BCUT2D eigenvalue weighted by molar-refractivity contribution is -0.134. The second-order valence-corrected chi connectivity index (χ2v) is 6.57. The van der Waals surface area contributed by atoms with Gasteiger partial charge in [0.25, 0.3) is 0 Å². The second kappa shape index (κ2) is 7.48. The molecule has 1 aromatic carbocycles. The monoisotopic (exact) mass is 288 g/mol. The normalized spacial score (nSPS) is 16.1. The molecule has 0 saturated heterocycles. The fourth-order valence-electron chi connectivity index (χ4n) is 3.13. The van der Waals surface area contributed by atoms with Crippen molar-refractivity contribution in [1.29, 1.82) is 0 Å². The average Bonchev–Trinajstić information content (AvgIpc) is 2.47. The zero-order valence-corrected chi connectivity index (χ0v) is 13.3. The number of benzene rings is 1. The Balaban J connectivity index is 1.96. The summed E-state index contributed by atoms with van der Waals surface area (Å²) in [5.74, 6) is 0.896. The molecule has 0 aliphatic heterocycles. The predicted molar refractivity (Wildman–Crippen MR) is 87.7 cm³/mol. The highest BCUT2D eigenvalue weighted by Gasteiger charge is 2.22. The Hall–Kier alpha value is -1.51. The third kappa shape index (κ3) is 4.76. The van der Waals surface area contributed by atoms with Gasteiger partial charge in [0.15, 0.2) is 0 Å². The van der Waals surface area contributed by atoms with E-state index in [0.717, 1.165) is 11.3 Å². The van der Waals surface area contributed by atoms with Crippen LogP contribution in [-0.2, 0) is 11.3 Å². The van der Waals surface area contributed by atoms with Gasteiger partial charge >= 0.3 is 0 Å². The topological polar surface area (TPSA) is 46.3 Å². The van der Waals surface area contributed by atoms with E-state index in [1.807, 2.05) is 29.2 Å². The highest BCUT2D eigenvalue weighted by Crippen LogP contribution is 2.27. The summed E-state index contributed by atoms with van der Waals surface area (Å²) in [7, 11) is 0. The quantitative estimate of drug-likeness (QED) is 0.833. The van der Waals surface area contributed by atoms with Gasteiger partial charge in [0.05, 0.1) is 0 Å². The van der Waals surface area contributed by atoms with E-state index in [1.54, 1.807) is 0 Å². The number of hydrogen-bond acceptors (Lipinski definition) is 2. The minimum Gasteiger partial charge on any atom is -0.399 e. The number of nitrogen functional groups attached to an aromatic ring is 1. The molecule has 0 radical (unpaired) electrons. The fraction of sp³-hybridized carbons (Fsp3) is 0.611. The van der Waals surface area contributed by atoms with E-state index in [9.17, 15) is 4.79 Å². The van der Waals surface area contributed by atoms with Crippen LogP contribution in [-0.4, -0.2) is 16.8 Å². The lowest BCUT2D eigenvalue weighted by atomic mass is 9.86. The van der Waals surface area contributed by atoms with Gasteiger partial charge in [0.1, 0.15) is 0 Å². The van der Waals surface area contributed by atoms with Crippen molar-refractivity contribution >= 4 is 11.6 Å². The number of nitrogens with two attached hydrogens (primary N) is 1. The molecule has 2 N–H and O–H groups in total. The van der Waals surface area contributed by atoms with Crippen LogP contribution in [0.5, 0.6) is 0 Å². The largest absolute Gasteiger partial charge is 0.399 e. The second-order valence-electron chi connectivity index (χ2n) is 6.57. The number of carbonyl (C=O) groups excluding carboxylic acids is 1. The number of hydrogen-bond donors (Lipinski definition) is 1. The smallest absolute Gasteiger partial charge is 0.223 e. The van der Waals surface area contributed by atoms with E-state index < -0.39 is 0 Å². The van der Waals surface area contributed by atoms with Crippen molar-refractivity contribution in [2.24, 2.45) is 5.92 Å². The summed E-state index contributed by atoms with van der Waals surface area (Å²) in [5.41, 5.74) is 7.64. The molecule has 1 aromatic rings. The zero-order valence-electron chi connectivity index (χ0n) is 13.3. The number of carbonyl (C=O) groups is 1. The summed E-state index contributed by atoms with van der Waals surface area (Å²) < 4.78 is 0.